The van der Waals surface area contributed by atoms with Crippen LogP contribution >= 0.6 is 20.8 Å². The van der Waals surface area contributed by atoms with E-state index in [9.17, 15) is 5.11 Å². The number of hydrogen-bond donors (Lipinski definition) is 1. The van der Waals surface area contributed by atoms with Crippen LogP contribution in [0.15, 0.2) is 18.2 Å². The van der Waals surface area contributed by atoms with Crippen LogP contribution < -0.4 is 10.0 Å². The van der Waals surface area contributed by atoms with Crippen molar-refractivity contribution in [2.24, 2.45) is 0 Å². The third-order valence-corrected chi connectivity index (χ3v) is 7.64. The van der Waals surface area contributed by atoms with Crippen molar-refractivity contribution in [3.63, 3.8) is 0 Å². The molecule has 1 N–H and O–H groups in total. The van der Waals surface area contributed by atoms with Gasteiger partial charge in [0.25, 0.3) is 0 Å². The van der Waals surface area contributed by atoms with Crippen LogP contribution in [0.4, 0.5) is 0 Å². The average molecular weight is 409 g/mol. The summed E-state index contributed by atoms with van der Waals surface area (Å²) in [7, 11) is 3.92. The second-order valence-corrected chi connectivity index (χ2v) is 20.7. The first-order valence-electron chi connectivity index (χ1n) is 7.12. The number of methoxy groups -OCH3 is 2. The minimum atomic E-state index is -2.19. The van der Waals surface area contributed by atoms with E-state index in [1.54, 1.807) is 26.4 Å². The van der Waals surface area contributed by atoms with Crippen molar-refractivity contribution in [2.45, 2.75) is 18.4 Å². The fraction of sp³-hybridized carbons (Fsp3) is 0.600. The molecule has 0 aliphatic rings. The van der Waals surface area contributed by atoms with Crippen LogP contribution in [0.5, 0.6) is 11.5 Å². The number of hydrogen-bond acceptors (Lipinski definition) is 4. The summed E-state index contributed by atoms with van der Waals surface area (Å²) < 4.78 is 16.3. The zero-order chi connectivity index (χ0) is 16.8. The van der Waals surface area contributed by atoms with Crippen molar-refractivity contribution >= 4 is 35.6 Å². The predicted molar refractivity (Wildman–Crippen MR) is 99.8 cm³/mol. The summed E-state index contributed by atoms with van der Waals surface area (Å²) in [6, 6.07) is 6.32. The zero-order valence-corrected chi connectivity index (χ0v) is 17.4. The fourth-order valence-corrected chi connectivity index (χ4v) is 5.16. The van der Waals surface area contributed by atoms with Gasteiger partial charge in [0, 0.05) is 0 Å². The third-order valence-electron chi connectivity index (χ3n) is 3.07. The van der Waals surface area contributed by atoms with Gasteiger partial charge in [-0.25, -0.2) is 0 Å². The monoisotopic (exact) mass is 408 g/mol. The van der Waals surface area contributed by atoms with E-state index in [2.05, 4.69) is 35.5 Å². The Morgan fingerprint density at radius 1 is 1.23 bits per heavy atom. The van der Waals surface area contributed by atoms with Crippen LogP contribution in [-0.2, 0) is 9.47 Å². The molecule has 0 spiro atoms. The van der Waals surface area contributed by atoms with Crippen molar-refractivity contribution in [1.82, 2.24) is 0 Å². The number of benzene rings is 1. The Kier molecular flexibility index (Phi) is 7.34. The molecule has 2 radical (unpaired) electrons. The van der Waals surface area contributed by atoms with E-state index < -0.39 is 5.31 Å². The SMILES string of the molecule is COC(OC)[Si]CCCOc1ccc(O)cc1P(C)(C)(C)Br. The van der Waals surface area contributed by atoms with Crippen molar-refractivity contribution in [1.29, 1.82) is 0 Å². The van der Waals surface area contributed by atoms with E-state index >= 15 is 0 Å². The molecule has 126 valence electrons. The molecule has 1 aromatic carbocycles. The zero-order valence-electron chi connectivity index (χ0n) is 13.9. The molecule has 4 nitrogen and oxygen atoms in total. The first-order valence-corrected chi connectivity index (χ1v) is 14.0. The van der Waals surface area contributed by atoms with E-state index in [0.717, 1.165) is 23.5 Å². The Morgan fingerprint density at radius 3 is 2.41 bits per heavy atom. The van der Waals surface area contributed by atoms with Crippen LogP contribution in [0.25, 0.3) is 0 Å². The Morgan fingerprint density at radius 2 is 1.86 bits per heavy atom. The van der Waals surface area contributed by atoms with Gasteiger partial charge >= 0.3 is 144 Å². The van der Waals surface area contributed by atoms with E-state index in [-0.39, 0.29) is 11.7 Å². The molecule has 0 aromatic heterocycles. The third kappa shape index (κ3) is 6.55. The molecule has 0 saturated carbocycles. The molecule has 0 aliphatic carbocycles. The number of aromatic hydroxyl groups is 1. The molecule has 7 heteroatoms. The Hall–Kier alpha value is -0.133. The molecular formula is C15H26BrO4PSi. The van der Waals surface area contributed by atoms with Gasteiger partial charge in [-0.15, -0.1) is 0 Å². The van der Waals surface area contributed by atoms with Gasteiger partial charge in [0.05, 0.1) is 0 Å². The minimum absolute atomic E-state index is 0.114. The average Bonchev–Trinajstić information content (AvgIpc) is 2.42. The van der Waals surface area contributed by atoms with Gasteiger partial charge in [-0.1, -0.05) is 0 Å². The van der Waals surface area contributed by atoms with E-state index in [1.807, 2.05) is 6.07 Å². The van der Waals surface area contributed by atoms with Crippen LogP contribution in [0.1, 0.15) is 6.42 Å². The summed E-state index contributed by atoms with van der Waals surface area (Å²) >= 11 is 3.84. The van der Waals surface area contributed by atoms with Gasteiger partial charge in [-0.05, 0) is 0 Å². The van der Waals surface area contributed by atoms with Gasteiger partial charge in [0.2, 0.25) is 0 Å². The van der Waals surface area contributed by atoms with Crippen molar-refractivity contribution in [3.05, 3.63) is 18.2 Å². The molecule has 1 aromatic rings. The molecule has 0 amide bonds. The molecule has 1 rings (SSSR count). The van der Waals surface area contributed by atoms with E-state index in [0.29, 0.717) is 16.1 Å². The van der Waals surface area contributed by atoms with E-state index in [4.69, 9.17) is 14.2 Å². The number of halogens is 1. The summed E-state index contributed by atoms with van der Waals surface area (Å²) in [4.78, 5) is 0. The maximum absolute atomic E-state index is 9.76. The van der Waals surface area contributed by atoms with Crippen LogP contribution in [0.2, 0.25) is 6.04 Å². The Balaban J connectivity index is 2.60. The number of rotatable bonds is 9. The van der Waals surface area contributed by atoms with Crippen LogP contribution in [0, 0.1) is 0 Å². The van der Waals surface area contributed by atoms with Gasteiger partial charge in [0.15, 0.2) is 0 Å². The summed E-state index contributed by atoms with van der Waals surface area (Å²) in [6.45, 7) is 7.17. The standard InChI is InChI=1S/C15H26BrO4PSi/c1-18-15(19-2)22-10-6-9-20-13-8-7-12(17)11-14(13)21(3,4,5)16/h7-8,11,15,17H,6,9-10H2,1-5H3. The summed E-state index contributed by atoms with van der Waals surface area (Å²) in [5, 5.41) is 8.62. The summed E-state index contributed by atoms with van der Waals surface area (Å²) in [6.07, 6.45) is 0.942. The number of ether oxygens (including phenoxy) is 3. The second-order valence-electron chi connectivity index (χ2n) is 6.22. The summed E-state index contributed by atoms with van der Waals surface area (Å²) in [5.74, 6) is 1.00. The molecule has 0 saturated heterocycles. The molecule has 0 bridgehead atoms. The molecule has 0 unspecified atom stereocenters. The van der Waals surface area contributed by atoms with Crippen LogP contribution in [0.3, 0.4) is 0 Å². The van der Waals surface area contributed by atoms with Crippen molar-refractivity contribution in [3.8, 4) is 11.5 Å². The van der Waals surface area contributed by atoms with Crippen LogP contribution in [-0.4, -0.2) is 61.4 Å². The topological polar surface area (TPSA) is 47.9 Å². The maximum atomic E-state index is 9.76. The molecular weight excluding hydrogens is 383 g/mol. The van der Waals surface area contributed by atoms with Gasteiger partial charge in [0.1, 0.15) is 0 Å². The summed E-state index contributed by atoms with van der Waals surface area (Å²) in [5.41, 5.74) is 0. The van der Waals surface area contributed by atoms with Gasteiger partial charge in [-0.2, -0.15) is 0 Å². The molecule has 22 heavy (non-hydrogen) atoms. The number of phenolic OH excluding ortho intramolecular Hbond substituents is 1. The normalized spacial score (nSPS) is 13.9. The van der Waals surface area contributed by atoms with Gasteiger partial charge < -0.3 is 0 Å². The fourth-order valence-electron chi connectivity index (χ4n) is 1.96. The van der Waals surface area contributed by atoms with Gasteiger partial charge in [-0.3, -0.25) is 0 Å². The van der Waals surface area contributed by atoms with Crippen molar-refractivity contribution in [2.75, 3.05) is 40.8 Å². The predicted octanol–water partition coefficient (Wildman–Crippen LogP) is 3.24. The van der Waals surface area contributed by atoms with Crippen molar-refractivity contribution < 1.29 is 19.3 Å². The quantitative estimate of drug-likeness (QED) is 0.295. The first kappa shape index (κ1) is 19.9. The Labute approximate surface area is 144 Å². The molecule has 0 heterocycles. The second kappa shape index (κ2) is 8.11. The molecule has 0 atom stereocenters. The first-order chi connectivity index (χ1) is 10.1. The molecule has 0 aliphatic heterocycles. The van der Waals surface area contributed by atoms with E-state index in [1.165, 1.54) is 0 Å². The Bertz CT molecular complexity index is 477. The number of phenols is 1. The molecule has 0 fully saturated rings.